The van der Waals surface area contributed by atoms with E-state index in [-0.39, 0.29) is 11.2 Å². The van der Waals surface area contributed by atoms with Crippen LogP contribution < -0.4 is 5.32 Å². The van der Waals surface area contributed by atoms with E-state index >= 15 is 0 Å². The van der Waals surface area contributed by atoms with Crippen molar-refractivity contribution >= 4 is 17.7 Å². The first-order valence-electron chi connectivity index (χ1n) is 5.77. The Kier molecular flexibility index (Phi) is 5.22. The van der Waals surface area contributed by atoms with Crippen molar-refractivity contribution in [3.63, 3.8) is 0 Å². The average Bonchev–Trinajstić information content (AvgIpc) is 2.73. The van der Waals surface area contributed by atoms with Gasteiger partial charge in [0.25, 0.3) is 5.22 Å². The van der Waals surface area contributed by atoms with Gasteiger partial charge in [-0.1, -0.05) is 18.7 Å². The smallest absolute Gasteiger partial charge is 0.325 e. The fourth-order valence-corrected chi connectivity index (χ4v) is 2.75. The SMILES string of the molecule is CNC(C)(CC(C)Sc1nc(C)co1)C(=O)OC. The number of esters is 1. The van der Waals surface area contributed by atoms with Crippen LogP contribution in [0.4, 0.5) is 0 Å². The van der Waals surface area contributed by atoms with Gasteiger partial charge < -0.3 is 14.5 Å². The number of ether oxygens (including phenoxy) is 1. The quantitative estimate of drug-likeness (QED) is 0.631. The van der Waals surface area contributed by atoms with Crippen molar-refractivity contribution in [3.05, 3.63) is 12.0 Å². The number of hydrogen-bond donors (Lipinski definition) is 1. The van der Waals surface area contributed by atoms with E-state index in [2.05, 4.69) is 10.3 Å². The summed E-state index contributed by atoms with van der Waals surface area (Å²) in [4.78, 5) is 16.0. The molecule has 5 nitrogen and oxygen atoms in total. The number of oxazole rings is 1. The zero-order valence-corrected chi connectivity index (χ0v) is 12.3. The van der Waals surface area contributed by atoms with Crippen LogP contribution in [-0.4, -0.2) is 35.9 Å². The third kappa shape index (κ3) is 3.74. The topological polar surface area (TPSA) is 64.4 Å². The molecule has 2 unspecified atom stereocenters. The fourth-order valence-electron chi connectivity index (χ4n) is 1.69. The lowest BCUT2D eigenvalue weighted by atomic mass is 9.96. The van der Waals surface area contributed by atoms with E-state index in [0.717, 1.165) is 5.69 Å². The number of hydrogen-bond acceptors (Lipinski definition) is 6. The maximum Gasteiger partial charge on any atom is 0.325 e. The fraction of sp³-hybridized carbons (Fsp3) is 0.667. The average molecular weight is 272 g/mol. The van der Waals surface area contributed by atoms with Crippen molar-refractivity contribution in [2.75, 3.05) is 14.2 Å². The van der Waals surface area contributed by atoms with Crippen LogP contribution in [0.5, 0.6) is 0 Å². The molecule has 1 aromatic heterocycles. The summed E-state index contributed by atoms with van der Waals surface area (Å²) in [7, 11) is 3.15. The van der Waals surface area contributed by atoms with E-state index in [0.29, 0.717) is 11.6 Å². The maximum atomic E-state index is 11.7. The largest absolute Gasteiger partial charge is 0.468 e. The van der Waals surface area contributed by atoms with Crippen LogP contribution in [0.2, 0.25) is 0 Å². The van der Waals surface area contributed by atoms with Crippen LogP contribution in [0.1, 0.15) is 26.0 Å². The number of aryl methyl sites for hydroxylation is 1. The van der Waals surface area contributed by atoms with Gasteiger partial charge in [0.15, 0.2) is 0 Å². The molecule has 0 aromatic carbocycles. The molecule has 2 atom stereocenters. The molecule has 0 amide bonds. The molecule has 1 N–H and O–H groups in total. The summed E-state index contributed by atoms with van der Waals surface area (Å²) in [5, 5.41) is 3.82. The summed E-state index contributed by atoms with van der Waals surface area (Å²) in [5.41, 5.74) is 0.164. The lowest BCUT2D eigenvalue weighted by Gasteiger charge is -2.28. The minimum absolute atomic E-state index is 0.180. The van der Waals surface area contributed by atoms with E-state index in [9.17, 15) is 4.79 Å². The van der Waals surface area contributed by atoms with Gasteiger partial charge in [-0.25, -0.2) is 4.98 Å². The van der Waals surface area contributed by atoms with Gasteiger partial charge >= 0.3 is 5.97 Å². The second kappa shape index (κ2) is 6.24. The van der Waals surface area contributed by atoms with E-state index in [1.54, 1.807) is 13.3 Å². The van der Waals surface area contributed by atoms with Crippen LogP contribution in [0.3, 0.4) is 0 Å². The minimum Gasteiger partial charge on any atom is -0.468 e. The number of carbonyl (C=O) groups is 1. The van der Waals surface area contributed by atoms with E-state index in [1.807, 2.05) is 20.8 Å². The molecule has 0 aliphatic rings. The number of methoxy groups -OCH3 is 1. The zero-order chi connectivity index (χ0) is 13.8. The van der Waals surface area contributed by atoms with Gasteiger partial charge in [-0.3, -0.25) is 4.79 Å². The number of carbonyl (C=O) groups excluding carboxylic acids is 1. The van der Waals surface area contributed by atoms with Crippen molar-refractivity contribution in [1.29, 1.82) is 0 Å². The summed E-state index contributed by atoms with van der Waals surface area (Å²) >= 11 is 1.51. The highest BCUT2D eigenvalue weighted by molar-refractivity contribution is 7.99. The van der Waals surface area contributed by atoms with Crippen LogP contribution in [0, 0.1) is 6.92 Å². The molecule has 0 spiro atoms. The Balaban J connectivity index is 2.62. The Hall–Kier alpha value is -1.01. The van der Waals surface area contributed by atoms with Crippen LogP contribution in [0.25, 0.3) is 0 Å². The van der Waals surface area contributed by atoms with Gasteiger partial charge in [0.2, 0.25) is 0 Å². The normalized spacial score (nSPS) is 16.1. The molecule has 102 valence electrons. The third-order valence-electron chi connectivity index (χ3n) is 2.78. The number of thioether (sulfide) groups is 1. The second-order valence-corrected chi connectivity index (χ2v) is 5.85. The summed E-state index contributed by atoms with van der Waals surface area (Å²) in [5.74, 6) is -0.263. The molecule has 1 heterocycles. The third-order valence-corrected chi connectivity index (χ3v) is 3.74. The highest BCUT2D eigenvalue weighted by atomic mass is 32.2. The monoisotopic (exact) mass is 272 g/mol. The Morgan fingerprint density at radius 3 is 2.83 bits per heavy atom. The van der Waals surface area contributed by atoms with E-state index in [4.69, 9.17) is 9.15 Å². The summed E-state index contributed by atoms with van der Waals surface area (Å²) in [6.45, 7) is 5.74. The molecular weight excluding hydrogens is 252 g/mol. The molecule has 1 aromatic rings. The van der Waals surface area contributed by atoms with Crippen molar-refractivity contribution < 1.29 is 13.9 Å². The van der Waals surface area contributed by atoms with Crippen LogP contribution in [-0.2, 0) is 9.53 Å². The van der Waals surface area contributed by atoms with Crippen molar-refractivity contribution in [2.45, 2.75) is 43.2 Å². The molecule has 0 fully saturated rings. The highest BCUT2D eigenvalue weighted by Gasteiger charge is 2.34. The Bertz CT molecular complexity index is 408. The predicted octanol–water partition coefficient (Wildman–Crippen LogP) is 2.00. The maximum absolute atomic E-state index is 11.7. The molecule has 0 bridgehead atoms. The second-order valence-electron chi connectivity index (χ2n) is 4.46. The first-order valence-corrected chi connectivity index (χ1v) is 6.65. The molecule has 0 radical (unpaired) electrons. The van der Waals surface area contributed by atoms with Gasteiger partial charge in [0, 0.05) is 5.25 Å². The molecule has 0 aliphatic carbocycles. The molecule has 1 rings (SSSR count). The molecule has 0 saturated carbocycles. The molecule has 0 saturated heterocycles. The van der Waals surface area contributed by atoms with Crippen LogP contribution in [0.15, 0.2) is 15.9 Å². The number of rotatable bonds is 6. The van der Waals surface area contributed by atoms with Gasteiger partial charge in [-0.05, 0) is 27.3 Å². The van der Waals surface area contributed by atoms with Crippen molar-refractivity contribution in [2.24, 2.45) is 0 Å². The van der Waals surface area contributed by atoms with Gasteiger partial charge in [-0.15, -0.1) is 0 Å². The first kappa shape index (κ1) is 15.0. The molecule has 6 heteroatoms. The number of likely N-dealkylation sites (N-methyl/N-ethyl adjacent to an activating group) is 1. The predicted molar refractivity (Wildman–Crippen MR) is 70.7 cm³/mol. The van der Waals surface area contributed by atoms with Crippen molar-refractivity contribution in [1.82, 2.24) is 10.3 Å². The summed E-state index contributed by atoms with van der Waals surface area (Å²) in [6, 6.07) is 0. The Morgan fingerprint density at radius 2 is 2.39 bits per heavy atom. The molecular formula is C12H20N2O3S. The Labute approximate surface area is 112 Å². The van der Waals surface area contributed by atoms with Crippen LogP contribution >= 0.6 is 11.8 Å². The number of nitrogens with one attached hydrogen (secondary N) is 1. The Morgan fingerprint density at radius 1 is 1.72 bits per heavy atom. The lowest BCUT2D eigenvalue weighted by Crippen LogP contribution is -2.49. The van der Waals surface area contributed by atoms with Gasteiger partial charge in [0.1, 0.15) is 11.8 Å². The standard InChI is InChI=1S/C12H20N2O3S/c1-8-7-17-11(14-8)18-9(2)6-12(3,13-4)10(15)16-5/h7,9,13H,6H2,1-5H3. The highest BCUT2D eigenvalue weighted by Crippen LogP contribution is 2.28. The van der Waals surface area contributed by atoms with E-state index < -0.39 is 5.54 Å². The molecule has 0 aliphatic heterocycles. The van der Waals surface area contributed by atoms with Crippen molar-refractivity contribution in [3.8, 4) is 0 Å². The first-order chi connectivity index (χ1) is 8.41. The molecule has 18 heavy (non-hydrogen) atoms. The minimum atomic E-state index is -0.692. The number of nitrogens with zero attached hydrogens (tertiary/aromatic N) is 1. The van der Waals surface area contributed by atoms with Gasteiger partial charge in [-0.2, -0.15) is 0 Å². The van der Waals surface area contributed by atoms with E-state index in [1.165, 1.54) is 18.9 Å². The summed E-state index contributed by atoms with van der Waals surface area (Å²) < 4.78 is 10.1. The number of aromatic nitrogens is 1. The lowest BCUT2D eigenvalue weighted by molar-refractivity contribution is -0.147. The van der Waals surface area contributed by atoms with Gasteiger partial charge in [0.05, 0.1) is 12.8 Å². The zero-order valence-electron chi connectivity index (χ0n) is 11.4. The summed E-state index contributed by atoms with van der Waals surface area (Å²) in [6.07, 6.45) is 2.24.